The molecule has 1 atom stereocenters. The largest absolute Gasteiger partial charge is 0.507 e. The molecule has 0 heterocycles. The zero-order chi connectivity index (χ0) is 18.1. The van der Waals surface area contributed by atoms with Gasteiger partial charge < -0.3 is 10.2 Å². The van der Waals surface area contributed by atoms with Crippen LogP contribution in [0.1, 0.15) is 10.4 Å². The molecule has 0 aliphatic carbocycles. The van der Waals surface area contributed by atoms with E-state index in [2.05, 4.69) is 0 Å². The summed E-state index contributed by atoms with van der Waals surface area (Å²) >= 11 is -2.59. The van der Waals surface area contributed by atoms with E-state index in [0.29, 0.717) is 0 Å². The Hall–Kier alpha value is -2.43. The van der Waals surface area contributed by atoms with Gasteiger partial charge in [0, 0.05) is 12.3 Å². The van der Waals surface area contributed by atoms with Gasteiger partial charge in [0.15, 0.2) is 9.84 Å². The SMILES string of the molecule is CS(=O)(=O)c1cccc(N(c2ccc(C(=O)O)c(O)c2)S(=O)O)c1. The molecular formula is C14H13NO7S2. The highest BCUT2D eigenvalue weighted by Gasteiger charge is 2.20. The normalized spacial score (nSPS) is 12.6. The molecule has 128 valence electrons. The number of nitrogens with zero attached hydrogens (tertiary/aromatic N) is 1. The first-order valence-electron chi connectivity index (χ1n) is 6.39. The number of rotatable bonds is 5. The predicted octanol–water partition coefficient (Wildman–Crippen LogP) is 1.77. The number of phenols is 1. The quantitative estimate of drug-likeness (QED) is 0.682. The highest BCUT2D eigenvalue weighted by Crippen LogP contribution is 2.32. The highest BCUT2D eigenvalue weighted by atomic mass is 32.2. The van der Waals surface area contributed by atoms with Crippen molar-refractivity contribution >= 4 is 38.4 Å². The summed E-state index contributed by atoms with van der Waals surface area (Å²) in [5.41, 5.74) is -0.266. The minimum atomic E-state index is -3.53. The second-order valence-corrected chi connectivity index (χ2v) is 7.64. The summed E-state index contributed by atoms with van der Waals surface area (Å²) in [6.07, 6.45) is 1.000. The third kappa shape index (κ3) is 3.72. The average Bonchev–Trinajstić information content (AvgIpc) is 2.46. The van der Waals surface area contributed by atoms with Gasteiger partial charge in [0.25, 0.3) is 11.3 Å². The summed E-state index contributed by atoms with van der Waals surface area (Å²) < 4.78 is 45.3. The van der Waals surface area contributed by atoms with Gasteiger partial charge in [-0.2, -0.15) is 0 Å². The lowest BCUT2D eigenvalue weighted by Crippen LogP contribution is -2.19. The lowest BCUT2D eigenvalue weighted by atomic mass is 10.2. The molecule has 2 aromatic carbocycles. The minimum absolute atomic E-state index is 0.0176. The molecule has 0 saturated heterocycles. The van der Waals surface area contributed by atoms with Crippen LogP contribution in [0.3, 0.4) is 0 Å². The summed E-state index contributed by atoms with van der Waals surface area (Å²) in [5, 5.41) is 18.6. The summed E-state index contributed by atoms with van der Waals surface area (Å²) in [4.78, 5) is 10.9. The number of sulfone groups is 1. The maximum absolute atomic E-state index is 11.7. The second-order valence-electron chi connectivity index (χ2n) is 4.80. The van der Waals surface area contributed by atoms with Crippen molar-refractivity contribution in [1.29, 1.82) is 0 Å². The van der Waals surface area contributed by atoms with Gasteiger partial charge in [0.1, 0.15) is 11.3 Å². The number of anilines is 2. The van der Waals surface area contributed by atoms with Gasteiger partial charge >= 0.3 is 5.97 Å². The van der Waals surface area contributed by atoms with Crippen LogP contribution in [0, 0.1) is 0 Å². The van der Waals surface area contributed by atoms with Crippen LogP contribution in [0.25, 0.3) is 0 Å². The number of carboxylic acid groups (broad SMARTS) is 1. The van der Waals surface area contributed by atoms with Gasteiger partial charge in [-0.3, -0.25) is 4.55 Å². The fourth-order valence-corrected chi connectivity index (χ4v) is 3.25. The summed E-state index contributed by atoms with van der Waals surface area (Å²) in [5.74, 6) is -1.94. The van der Waals surface area contributed by atoms with Gasteiger partial charge in [-0.15, -0.1) is 0 Å². The van der Waals surface area contributed by atoms with E-state index in [1.54, 1.807) is 0 Å². The molecular weight excluding hydrogens is 358 g/mol. The number of hydrogen-bond acceptors (Lipinski definition) is 5. The van der Waals surface area contributed by atoms with Crippen molar-refractivity contribution in [3.05, 3.63) is 48.0 Å². The van der Waals surface area contributed by atoms with Crippen molar-refractivity contribution in [3.63, 3.8) is 0 Å². The summed E-state index contributed by atoms with van der Waals surface area (Å²) in [6.45, 7) is 0. The monoisotopic (exact) mass is 371 g/mol. The highest BCUT2D eigenvalue weighted by molar-refractivity contribution is 7.90. The molecule has 10 heteroatoms. The van der Waals surface area contributed by atoms with Gasteiger partial charge in [-0.05, 0) is 30.3 Å². The summed E-state index contributed by atoms with van der Waals surface area (Å²) in [6, 6.07) is 8.65. The first-order valence-corrected chi connectivity index (χ1v) is 9.34. The van der Waals surface area contributed by atoms with Crippen molar-refractivity contribution in [2.45, 2.75) is 4.90 Å². The fraction of sp³-hybridized carbons (Fsp3) is 0.0714. The Bertz CT molecular complexity index is 924. The third-order valence-corrected chi connectivity index (χ3v) is 4.93. The molecule has 3 N–H and O–H groups in total. The van der Waals surface area contributed by atoms with Crippen LogP contribution in [-0.4, -0.2) is 39.6 Å². The number of benzene rings is 2. The van der Waals surface area contributed by atoms with E-state index in [0.717, 1.165) is 22.7 Å². The molecule has 0 aromatic heterocycles. The van der Waals surface area contributed by atoms with E-state index in [1.807, 2.05) is 0 Å². The van der Waals surface area contributed by atoms with E-state index >= 15 is 0 Å². The van der Waals surface area contributed by atoms with Crippen molar-refractivity contribution < 1.29 is 32.2 Å². The van der Waals surface area contributed by atoms with E-state index in [1.165, 1.54) is 30.3 Å². The van der Waals surface area contributed by atoms with Gasteiger partial charge in [0.05, 0.1) is 16.3 Å². The molecule has 0 amide bonds. The van der Waals surface area contributed by atoms with E-state index < -0.39 is 32.8 Å². The van der Waals surface area contributed by atoms with E-state index in [9.17, 15) is 27.1 Å². The Morgan fingerprint density at radius 1 is 1.12 bits per heavy atom. The maximum atomic E-state index is 11.7. The third-order valence-electron chi connectivity index (χ3n) is 3.08. The van der Waals surface area contributed by atoms with Crippen molar-refractivity contribution in [2.24, 2.45) is 0 Å². The molecule has 0 fully saturated rings. The van der Waals surface area contributed by atoms with Crippen molar-refractivity contribution in [3.8, 4) is 5.75 Å². The van der Waals surface area contributed by atoms with Crippen LogP contribution in [0.4, 0.5) is 11.4 Å². The molecule has 1 unspecified atom stereocenters. The van der Waals surface area contributed by atoms with E-state index in [-0.39, 0.29) is 21.8 Å². The molecule has 0 aliphatic rings. The molecule has 8 nitrogen and oxygen atoms in total. The van der Waals surface area contributed by atoms with Gasteiger partial charge in [0.2, 0.25) is 0 Å². The Morgan fingerprint density at radius 3 is 2.25 bits per heavy atom. The standard InChI is InChI=1S/C14H13NO7S2/c1-24(21,22)11-4-2-3-9(7-11)15(23(19)20)10-5-6-12(14(17)18)13(16)8-10/h2-8,16H,1H3,(H,17,18)(H,19,20). The lowest BCUT2D eigenvalue weighted by molar-refractivity contribution is 0.0693. The van der Waals surface area contributed by atoms with Crippen LogP contribution < -0.4 is 4.31 Å². The fourth-order valence-electron chi connectivity index (χ4n) is 2.00. The van der Waals surface area contributed by atoms with Crippen LogP contribution in [-0.2, 0) is 21.1 Å². The Balaban J connectivity index is 2.58. The maximum Gasteiger partial charge on any atom is 0.339 e. The number of hydrogen-bond donors (Lipinski definition) is 3. The van der Waals surface area contributed by atoms with Crippen molar-refractivity contribution in [1.82, 2.24) is 0 Å². The Labute approximate surface area is 140 Å². The van der Waals surface area contributed by atoms with Crippen LogP contribution in [0.5, 0.6) is 5.75 Å². The molecule has 0 saturated carbocycles. The molecule has 0 bridgehead atoms. The molecule has 0 aliphatic heterocycles. The predicted molar refractivity (Wildman–Crippen MR) is 87.5 cm³/mol. The lowest BCUT2D eigenvalue weighted by Gasteiger charge is -2.21. The molecule has 2 aromatic rings. The number of carbonyl (C=O) groups is 1. The Morgan fingerprint density at radius 2 is 1.75 bits per heavy atom. The topological polar surface area (TPSA) is 132 Å². The van der Waals surface area contributed by atoms with E-state index in [4.69, 9.17) is 5.11 Å². The van der Waals surface area contributed by atoms with Crippen LogP contribution >= 0.6 is 0 Å². The zero-order valence-corrected chi connectivity index (χ0v) is 13.9. The van der Waals surface area contributed by atoms with Crippen molar-refractivity contribution in [2.75, 3.05) is 10.6 Å². The molecule has 2 rings (SSSR count). The van der Waals surface area contributed by atoms with Gasteiger partial charge in [-0.25, -0.2) is 21.7 Å². The average molecular weight is 371 g/mol. The molecule has 0 radical (unpaired) electrons. The van der Waals surface area contributed by atoms with Crippen LogP contribution in [0.2, 0.25) is 0 Å². The minimum Gasteiger partial charge on any atom is -0.507 e. The van der Waals surface area contributed by atoms with Crippen LogP contribution in [0.15, 0.2) is 47.4 Å². The Kier molecular flexibility index (Phi) is 4.92. The first kappa shape index (κ1) is 17.9. The van der Waals surface area contributed by atoms with Gasteiger partial charge in [-0.1, -0.05) is 6.07 Å². The summed E-state index contributed by atoms with van der Waals surface area (Å²) in [7, 11) is -3.53. The number of aromatic carboxylic acids is 1. The molecule has 0 spiro atoms. The number of carboxylic acids is 1. The second kappa shape index (κ2) is 6.59. The molecule has 24 heavy (non-hydrogen) atoms. The number of aromatic hydroxyl groups is 1. The zero-order valence-electron chi connectivity index (χ0n) is 12.3. The smallest absolute Gasteiger partial charge is 0.339 e. The first-order chi connectivity index (χ1) is 11.1.